The maximum Gasteiger partial charge on any atom is 0.0443 e. The predicted octanol–water partition coefficient (Wildman–Crippen LogP) is 0.831. The molecule has 0 aliphatic carbocycles. The van der Waals surface area contributed by atoms with Gasteiger partial charge in [-0.3, -0.25) is 4.90 Å². The molecule has 1 aliphatic rings. The Kier molecular flexibility index (Phi) is 5.45. The van der Waals surface area contributed by atoms with Gasteiger partial charge in [0.2, 0.25) is 0 Å². The highest BCUT2D eigenvalue weighted by atomic mass is 16.3. The molecule has 0 bridgehead atoms. The van der Waals surface area contributed by atoms with Crippen LogP contribution >= 0.6 is 0 Å². The normalized spacial score (nSPS) is 29.4. The van der Waals surface area contributed by atoms with Crippen LogP contribution in [-0.4, -0.2) is 48.3 Å². The number of hydrogen-bond acceptors (Lipinski definition) is 3. The molecule has 1 saturated heterocycles. The first-order valence-electron chi connectivity index (χ1n) is 5.90. The van der Waals surface area contributed by atoms with Crippen molar-refractivity contribution >= 4 is 0 Å². The zero-order valence-electron chi connectivity index (χ0n) is 9.50. The second-order valence-electron chi connectivity index (χ2n) is 4.15. The molecule has 84 valence electrons. The Morgan fingerprint density at radius 2 is 2.14 bits per heavy atom. The third kappa shape index (κ3) is 3.23. The highest BCUT2D eigenvalue weighted by Gasteiger charge is 2.24. The number of nitrogens with zero attached hydrogens (tertiary/aromatic N) is 1. The largest absolute Gasteiger partial charge is 0.396 e. The van der Waals surface area contributed by atoms with E-state index < -0.39 is 0 Å². The third-order valence-electron chi connectivity index (χ3n) is 3.18. The number of aliphatic hydroxyl groups excluding tert-OH is 1. The molecular formula is C11H24N2O. The van der Waals surface area contributed by atoms with Gasteiger partial charge in [-0.1, -0.05) is 13.8 Å². The van der Waals surface area contributed by atoms with Crippen molar-refractivity contribution in [2.75, 3.05) is 26.2 Å². The van der Waals surface area contributed by atoms with E-state index in [1.54, 1.807) is 0 Å². The van der Waals surface area contributed by atoms with Gasteiger partial charge in [-0.2, -0.15) is 0 Å². The second kappa shape index (κ2) is 6.38. The summed E-state index contributed by atoms with van der Waals surface area (Å²) in [6.07, 6.45) is 3.31. The van der Waals surface area contributed by atoms with Crippen LogP contribution in [0, 0.1) is 0 Å². The van der Waals surface area contributed by atoms with Gasteiger partial charge >= 0.3 is 0 Å². The Morgan fingerprint density at radius 1 is 1.36 bits per heavy atom. The fourth-order valence-electron chi connectivity index (χ4n) is 2.15. The van der Waals surface area contributed by atoms with E-state index in [1.807, 2.05) is 0 Å². The molecule has 0 radical (unpaired) electrons. The second-order valence-corrected chi connectivity index (χ2v) is 4.15. The number of aliphatic hydroxyl groups is 1. The van der Waals surface area contributed by atoms with Crippen molar-refractivity contribution in [2.45, 2.75) is 45.2 Å². The average molecular weight is 200 g/mol. The summed E-state index contributed by atoms with van der Waals surface area (Å²) in [6.45, 7) is 8.10. The minimum Gasteiger partial charge on any atom is -0.396 e. The van der Waals surface area contributed by atoms with Crippen molar-refractivity contribution in [1.82, 2.24) is 10.2 Å². The molecule has 0 spiro atoms. The van der Waals surface area contributed by atoms with Gasteiger partial charge in [0.1, 0.15) is 0 Å². The first-order valence-corrected chi connectivity index (χ1v) is 5.90. The number of hydrogen-bond donors (Lipinski definition) is 2. The van der Waals surface area contributed by atoms with Crippen molar-refractivity contribution in [3.63, 3.8) is 0 Å². The van der Waals surface area contributed by atoms with Crippen LogP contribution in [0.4, 0.5) is 0 Å². The Bertz CT molecular complexity index is 152. The summed E-state index contributed by atoms with van der Waals surface area (Å²) in [7, 11) is 0. The van der Waals surface area contributed by atoms with Gasteiger partial charge in [-0.15, -0.1) is 0 Å². The van der Waals surface area contributed by atoms with Gasteiger partial charge in [0.05, 0.1) is 0 Å². The molecule has 2 N–H and O–H groups in total. The third-order valence-corrected chi connectivity index (χ3v) is 3.18. The molecule has 2 unspecified atom stereocenters. The SMILES string of the molecule is CCC1CN(CCCO)C(CC)CN1. The van der Waals surface area contributed by atoms with E-state index in [-0.39, 0.29) is 0 Å². The van der Waals surface area contributed by atoms with Crippen molar-refractivity contribution in [3.05, 3.63) is 0 Å². The van der Waals surface area contributed by atoms with Crippen LogP contribution < -0.4 is 5.32 Å². The lowest BCUT2D eigenvalue weighted by Crippen LogP contribution is -2.56. The maximum atomic E-state index is 8.84. The molecule has 3 nitrogen and oxygen atoms in total. The lowest BCUT2D eigenvalue weighted by atomic mass is 10.1. The molecule has 14 heavy (non-hydrogen) atoms. The first kappa shape index (κ1) is 12.0. The van der Waals surface area contributed by atoms with E-state index in [9.17, 15) is 0 Å². The molecule has 0 saturated carbocycles. The standard InChI is InChI=1S/C11H24N2O/c1-3-10-9-13(6-5-7-14)11(4-2)8-12-10/h10-12,14H,3-9H2,1-2H3. The summed E-state index contributed by atoms with van der Waals surface area (Å²) >= 11 is 0. The van der Waals surface area contributed by atoms with Crippen LogP contribution in [0.15, 0.2) is 0 Å². The van der Waals surface area contributed by atoms with E-state index in [4.69, 9.17) is 5.11 Å². The van der Waals surface area contributed by atoms with E-state index in [1.165, 1.54) is 12.8 Å². The fourth-order valence-corrected chi connectivity index (χ4v) is 2.15. The zero-order valence-corrected chi connectivity index (χ0v) is 9.50. The predicted molar refractivity (Wildman–Crippen MR) is 59.4 cm³/mol. The van der Waals surface area contributed by atoms with Crippen LogP contribution in [-0.2, 0) is 0 Å². The molecule has 0 aromatic rings. The number of rotatable bonds is 5. The molecule has 1 heterocycles. The molecule has 1 fully saturated rings. The van der Waals surface area contributed by atoms with Gasteiger partial charge in [0.25, 0.3) is 0 Å². The average Bonchev–Trinajstić information content (AvgIpc) is 2.25. The molecular weight excluding hydrogens is 176 g/mol. The van der Waals surface area contributed by atoms with Crippen molar-refractivity contribution in [2.24, 2.45) is 0 Å². The van der Waals surface area contributed by atoms with Gasteiger partial charge in [0.15, 0.2) is 0 Å². The van der Waals surface area contributed by atoms with Crippen molar-refractivity contribution in [1.29, 1.82) is 0 Å². The summed E-state index contributed by atoms with van der Waals surface area (Å²) < 4.78 is 0. The van der Waals surface area contributed by atoms with E-state index in [0.29, 0.717) is 18.7 Å². The van der Waals surface area contributed by atoms with E-state index >= 15 is 0 Å². The molecule has 0 amide bonds. The summed E-state index contributed by atoms with van der Waals surface area (Å²) in [5, 5.41) is 12.4. The smallest absolute Gasteiger partial charge is 0.0443 e. The maximum absolute atomic E-state index is 8.84. The van der Waals surface area contributed by atoms with Gasteiger partial charge in [-0.25, -0.2) is 0 Å². The van der Waals surface area contributed by atoms with Crippen molar-refractivity contribution < 1.29 is 5.11 Å². The number of piperazine rings is 1. The van der Waals surface area contributed by atoms with Crippen LogP contribution in [0.3, 0.4) is 0 Å². The molecule has 1 rings (SSSR count). The van der Waals surface area contributed by atoms with Gasteiger partial charge in [0, 0.05) is 38.3 Å². The zero-order chi connectivity index (χ0) is 10.4. The van der Waals surface area contributed by atoms with Gasteiger partial charge < -0.3 is 10.4 Å². The summed E-state index contributed by atoms with van der Waals surface area (Å²) in [4.78, 5) is 2.53. The fraction of sp³-hybridized carbons (Fsp3) is 1.00. The Morgan fingerprint density at radius 3 is 2.71 bits per heavy atom. The number of nitrogens with one attached hydrogen (secondary N) is 1. The minimum atomic E-state index is 0.317. The molecule has 1 aliphatic heterocycles. The Balaban J connectivity index is 2.38. The van der Waals surface area contributed by atoms with Crippen LogP contribution in [0.2, 0.25) is 0 Å². The van der Waals surface area contributed by atoms with Crippen LogP contribution in [0.5, 0.6) is 0 Å². The van der Waals surface area contributed by atoms with E-state index in [0.717, 1.165) is 26.1 Å². The molecule has 2 atom stereocenters. The summed E-state index contributed by atoms with van der Waals surface area (Å²) in [5.41, 5.74) is 0. The monoisotopic (exact) mass is 200 g/mol. The van der Waals surface area contributed by atoms with Crippen molar-refractivity contribution in [3.8, 4) is 0 Å². The quantitative estimate of drug-likeness (QED) is 0.690. The van der Waals surface area contributed by atoms with E-state index in [2.05, 4.69) is 24.1 Å². The molecule has 0 aromatic heterocycles. The van der Waals surface area contributed by atoms with Crippen LogP contribution in [0.1, 0.15) is 33.1 Å². The first-order chi connectivity index (χ1) is 6.81. The molecule has 0 aromatic carbocycles. The summed E-state index contributed by atoms with van der Waals surface area (Å²) in [6, 6.07) is 1.32. The topological polar surface area (TPSA) is 35.5 Å². The highest BCUT2D eigenvalue weighted by molar-refractivity contribution is 4.84. The van der Waals surface area contributed by atoms with Crippen LogP contribution in [0.25, 0.3) is 0 Å². The lowest BCUT2D eigenvalue weighted by molar-refractivity contribution is 0.115. The molecule has 3 heteroatoms. The highest BCUT2D eigenvalue weighted by Crippen LogP contribution is 2.12. The summed E-state index contributed by atoms with van der Waals surface area (Å²) in [5.74, 6) is 0. The lowest BCUT2D eigenvalue weighted by Gasteiger charge is -2.40. The Labute approximate surface area is 87.5 Å². The Hall–Kier alpha value is -0.120. The minimum absolute atomic E-state index is 0.317. The van der Waals surface area contributed by atoms with Gasteiger partial charge in [-0.05, 0) is 19.3 Å².